The van der Waals surface area contributed by atoms with Crippen molar-refractivity contribution in [1.29, 1.82) is 0 Å². The van der Waals surface area contributed by atoms with Crippen molar-refractivity contribution in [3.05, 3.63) is 28.8 Å². The number of carboxylic acids is 1. The smallest absolute Gasteiger partial charge is 0.326 e. The Hall–Kier alpha value is -2.28. The molecule has 0 spiro atoms. The number of ether oxygens (including phenoxy) is 1. The molecule has 0 radical (unpaired) electrons. The van der Waals surface area contributed by atoms with E-state index in [1.54, 1.807) is 25.1 Å². The highest BCUT2D eigenvalue weighted by atomic mass is 35.5. The average molecular weight is 371 g/mol. The number of carbonyl (C=O) groups is 3. The van der Waals surface area contributed by atoms with E-state index < -0.39 is 24.0 Å². The zero-order valence-corrected chi connectivity index (χ0v) is 15.5. The van der Waals surface area contributed by atoms with Crippen molar-refractivity contribution in [2.45, 2.75) is 39.8 Å². The van der Waals surface area contributed by atoms with Crippen molar-refractivity contribution < 1.29 is 24.2 Å². The third-order valence-corrected chi connectivity index (χ3v) is 4.05. The molecule has 1 aromatic carbocycles. The molecular weight excluding hydrogens is 348 g/mol. The number of hydrogen-bond acceptors (Lipinski definition) is 4. The van der Waals surface area contributed by atoms with Gasteiger partial charge in [-0.05, 0) is 44.5 Å². The van der Waals surface area contributed by atoms with Crippen LogP contribution in [0.4, 0.5) is 0 Å². The molecule has 0 aliphatic rings. The predicted octanol–water partition coefficient (Wildman–Crippen LogP) is 1.85. The Morgan fingerprint density at radius 3 is 2.48 bits per heavy atom. The Balaban J connectivity index is 2.84. The quantitative estimate of drug-likeness (QED) is 0.728. The van der Waals surface area contributed by atoms with E-state index in [0.717, 1.165) is 5.56 Å². The van der Waals surface area contributed by atoms with Gasteiger partial charge >= 0.3 is 5.97 Å². The van der Waals surface area contributed by atoms with Gasteiger partial charge in [0, 0.05) is 25.0 Å². The molecule has 0 aromatic heterocycles. The van der Waals surface area contributed by atoms with Crippen LogP contribution >= 0.6 is 11.6 Å². The summed E-state index contributed by atoms with van der Waals surface area (Å²) in [6.07, 6.45) is -0.889. The molecule has 7 nitrogen and oxygen atoms in total. The van der Waals surface area contributed by atoms with Crippen LogP contribution in [0.1, 0.15) is 26.3 Å². The van der Waals surface area contributed by atoms with Crippen LogP contribution in [0.5, 0.6) is 5.75 Å². The second kappa shape index (κ2) is 9.27. The van der Waals surface area contributed by atoms with Crippen molar-refractivity contribution in [2.75, 3.05) is 13.1 Å². The summed E-state index contributed by atoms with van der Waals surface area (Å²) in [4.78, 5) is 36.0. The average Bonchev–Trinajstić information content (AvgIpc) is 2.53. The molecule has 25 heavy (non-hydrogen) atoms. The molecular formula is C17H23ClN2O5. The Morgan fingerprint density at radius 2 is 1.96 bits per heavy atom. The summed E-state index contributed by atoms with van der Waals surface area (Å²) >= 11 is 5.96. The summed E-state index contributed by atoms with van der Waals surface area (Å²) in [6.45, 7) is 6.35. The van der Waals surface area contributed by atoms with Gasteiger partial charge in [-0.2, -0.15) is 0 Å². The van der Waals surface area contributed by atoms with Gasteiger partial charge < -0.3 is 20.1 Å². The maximum Gasteiger partial charge on any atom is 0.326 e. The highest BCUT2D eigenvalue weighted by molar-refractivity contribution is 6.31. The van der Waals surface area contributed by atoms with E-state index in [-0.39, 0.29) is 19.0 Å². The predicted molar refractivity (Wildman–Crippen MR) is 93.8 cm³/mol. The number of halogens is 1. The lowest BCUT2D eigenvalue weighted by Crippen LogP contribution is -2.51. The number of nitrogens with zero attached hydrogens (tertiary/aromatic N) is 1. The molecule has 0 heterocycles. The summed E-state index contributed by atoms with van der Waals surface area (Å²) in [5.74, 6) is -1.40. The van der Waals surface area contributed by atoms with Gasteiger partial charge in [-0.15, -0.1) is 0 Å². The number of carboxylic acid groups (broad SMARTS) is 1. The van der Waals surface area contributed by atoms with Crippen LogP contribution in [-0.4, -0.2) is 53.0 Å². The van der Waals surface area contributed by atoms with E-state index >= 15 is 0 Å². The molecule has 8 heteroatoms. The van der Waals surface area contributed by atoms with E-state index in [0.29, 0.717) is 10.8 Å². The normalized spacial score (nSPS) is 12.8. The minimum absolute atomic E-state index is 0.0687. The molecule has 2 N–H and O–H groups in total. The second-order valence-corrected chi connectivity index (χ2v) is 6.11. The lowest BCUT2D eigenvalue weighted by atomic mass is 10.2. The van der Waals surface area contributed by atoms with Gasteiger partial charge in [0.05, 0.1) is 0 Å². The SMILES string of the molecule is CC(=O)NCCN(C(=O)C(C)Oc1ccc(Cl)c(C)c1)C(C)C(=O)O. The highest BCUT2D eigenvalue weighted by Gasteiger charge is 2.29. The number of amides is 2. The van der Waals surface area contributed by atoms with E-state index in [9.17, 15) is 19.5 Å². The maximum atomic E-state index is 12.6. The standard InChI is InChI=1S/C17H23ClN2O5/c1-10-9-14(5-6-15(10)18)25-12(3)16(22)20(11(2)17(23)24)8-7-19-13(4)21/h5-6,9,11-12H,7-8H2,1-4H3,(H,19,21)(H,23,24). The number of carbonyl (C=O) groups excluding carboxylic acids is 2. The molecule has 0 saturated carbocycles. The second-order valence-electron chi connectivity index (χ2n) is 5.70. The summed E-state index contributed by atoms with van der Waals surface area (Å²) in [5.41, 5.74) is 0.806. The molecule has 138 valence electrons. The first kappa shape index (κ1) is 20.8. The van der Waals surface area contributed by atoms with Crippen LogP contribution in [0.15, 0.2) is 18.2 Å². The van der Waals surface area contributed by atoms with Crippen LogP contribution in [-0.2, 0) is 14.4 Å². The van der Waals surface area contributed by atoms with Crippen molar-refractivity contribution in [1.82, 2.24) is 10.2 Å². The molecule has 0 aliphatic carbocycles. The number of aliphatic carboxylic acids is 1. The van der Waals surface area contributed by atoms with Crippen molar-refractivity contribution in [2.24, 2.45) is 0 Å². The largest absolute Gasteiger partial charge is 0.481 e. The van der Waals surface area contributed by atoms with Crippen LogP contribution in [0.2, 0.25) is 5.02 Å². The number of nitrogens with one attached hydrogen (secondary N) is 1. The number of benzene rings is 1. The lowest BCUT2D eigenvalue weighted by Gasteiger charge is -2.29. The molecule has 2 amide bonds. The van der Waals surface area contributed by atoms with Crippen LogP contribution < -0.4 is 10.1 Å². The third kappa shape index (κ3) is 6.26. The van der Waals surface area contributed by atoms with Crippen molar-refractivity contribution in [3.8, 4) is 5.75 Å². The molecule has 0 saturated heterocycles. The van der Waals surface area contributed by atoms with Gasteiger partial charge in [-0.1, -0.05) is 11.6 Å². The van der Waals surface area contributed by atoms with E-state index in [1.807, 2.05) is 6.92 Å². The summed E-state index contributed by atoms with van der Waals surface area (Å²) in [6, 6.07) is 3.97. The fourth-order valence-corrected chi connectivity index (χ4v) is 2.28. The van der Waals surface area contributed by atoms with E-state index in [2.05, 4.69) is 5.32 Å². The van der Waals surface area contributed by atoms with Gasteiger partial charge in [0.1, 0.15) is 11.8 Å². The maximum absolute atomic E-state index is 12.6. The van der Waals surface area contributed by atoms with Gasteiger partial charge in [-0.3, -0.25) is 9.59 Å². The van der Waals surface area contributed by atoms with Crippen molar-refractivity contribution in [3.63, 3.8) is 0 Å². The summed E-state index contributed by atoms with van der Waals surface area (Å²) in [5, 5.41) is 12.3. The number of aryl methyl sites for hydroxylation is 1. The summed E-state index contributed by atoms with van der Waals surface area (Å²) < 4.78 is 5.62. The first-order valence-electron chi connectivity index (χ1n) is 7.84. The summed E-state index contributed by atoms with van der Waals surface area (Å²) in [7, 11) is 0. The molecule has 2 unspecified atom stereocenters. The minimum atomic E-state index is -1.13. The van der Waals surface area contributed by atoms with Crippen molar-refractivity contribution >= 4 is 29.4 Å². The number of hydrogen-bond donors (Lipinski definition) is 2. The molecule has 1 aromatic rings. The minimum Gasteiger partial charge on any atom is -0.481 e. The monoisotopic (exact) mass is 370 g/mol. The molecule has 1 rings (SSSR count). The highest BCUT2D eigenvalue weighted by Crippen LogP contribution is 2.22. The van der Waals surface area contributed by atoms with E-state index in [1.165, 1.54) is 18.7 Å². The number of rotatable bonds is 8. The Kier molecular flexibility index (Phi) is 7.70. The van der Waals surface area contributed by atoms with E-state index in [4.69, 9.17) is 16.3 Å². The van der Waals surface area contributed by atoms with Crippen LogP contribution in [0.3, 0.4) is 0 Å². The van der Waals surface area contributed by atoms with Crippen LogP contribution in [0, 0.1) is 6.92 Å². The Morgan fingerprint density at radius 1 is 1.32 bits per heavy atom. The fourth-order valence-electron chi connectivity index (χ4n) is 2.16. The van der Waals surface area contributed by atoms with Crippen LogP contribution in [0.25, 0.3) is 0 Å². The first-order chi connectivity index (χ1) is 11.6. The van der Waals surface area contributed by atoms with Gasteiger partial charge in [0.2, 0.25) is 5.91 Å². The zero-order valence-electron chi connectivity index (χ0n) is 14.7. The third-order valence-electron chi connectivity index (χ3n) is 3.62. The molecule has 0 aliphatic heterocycles. The topological polar surface area (TPSA) is 95.9 Å². The molecule has 0 fully saturated rings. The van der Waals surface area contributed by atoms with Gasteiger partial charge in [0.15, 0.2) is 6.10 Å². The van der Waals surface area contributed by atoms with Gasteiger partial charge in [0.25, 0.3) is 5.91 Å². The first-order valence-corrected chi connectivity index (χ1v) is 8.21. The Bertz CT molecular complexity index is 650. The molecule has 2 atom stereocenters. The fraction of sp³-hybridized carbons (Fsp3) is 0.471. The lowest BCUT2D eigenvalue weighted by molar-refractivity contribution is -0.152. The Labute approximate surface area is 151 Å². The molecule has 0 bridgehead atoms. The zero-order chi connectivity index (χ0) is 19.1. The van der Waals surface area contributed by atoms with Gasteiger partial charge in [-0.25, -0.2) is 4.79 Å².